The SMILES string of the molecule is N#C/C(=C\c1ccc(-c2cccc([N+](=O)[O-])c2)s1)C(=O)NC1CC1. The molecule has 2 aromatic rings. The van der Waals surface area contributed by atoms with Crippen LogP contribution in [0.15, 0.2) is 42.0 Å². The predicted octanol–water partition coefficient (Wildman–Crippen LogP) is 3.51. The monoisotopic (exact) mass is 339 g/mol. The van der Waals surface area contributed by atoms with E-state index in [1.54, 1.807) is 24.3 Å². The number of benzene rings is 1. The normalized spacial score (nSPS) is 14.0. The van der Waals surface area contributed by atoms with Crippen molar-refractivity contribution >= 4 is 29.0 Å². The fourth-order valence-electron chi connectivity index (χ4n) is 2.14. The molecule has 0 saturated heterocycles. The van der Waals surface area contributed by atoms with Crippen molar-refractivity contribution in [2.45, 2.75) is 18.9 Å². The number of non-ortho nitro benzene ring substituents is 1. The molecule has 0 aliphatic heterocycles. The highest BCUT2D eigenvalue weighted by molar-refractivity contribution is 7.16. The van der Waals surface area contributed by atoms with Gasteiger partial charge in [0.25, 0.3) is 11.6 Å². The van der Waals surface area contributed by atoms with Gasteiger partial charge in [0.1, 0.15) is 11.6 Å². The van der Waals surface area contributed by atoms with Gasteiger partial charge >= 0.3 is 0 Å². The van der Waals surface area contributed by atoms with Gasteiger partial charge in [-0.25, -0.2) is 0 Å². The van der Waals surface area contributed by atoms with E-state index in [1.807, 2.05) is 12.1 Å². The highest BCUT2D eigenvalue weighted by Crippen LogP contribution is 2.31. The maximum absolute atomic E-state index is 12.0. The van der Waals surface area contributed by atoms with Gasteiger partial charge in [0.05, 0.1) is 4.92 Å². The van der Waals surface area contributed by atoms with Crippen molar-refractivity contribution < 1.29 is 9.72 Å². The van der Waals surface area contributed by atoms with E-state index in [1.165, 1.54) is 23.5 Å². The Kier molecular flexibility index (Phi) is 4.40. The summed E-state index contributed by atoms with van der Waals surface area (Å²) >= 11 is 1.37. The summed E-state index contributed by atoms with van der Waals surface area (Å²) < 4.78 is 0. The maximum atomic E-state index is 12.0. The van der Waals surface area contributed by atoms with Gasteiger partial charge in [-0.2, -0.15) is 5.26 Å². The Balaban J connectivity index is 1.83. The number of hydrogen-bond donors (Lipinski definition) is 1. The van der Waals surface area contributed by atoms with Crippen molar-refractivity contribution in [3.05, 3.63) is 57.0 Å². The third-order valence-electron chi connectivity index (χ3n) is 3.53. The number of nitro benzene ring substituents is 1. The molecule has 1 fully saturated rings. The lowest BCUT2D eigenvalue weighted by Gasteiger charge is -2.00. The highest BCUT2D eigenvalue weighted by Gasteiger charge is 2.24. The zero-order chi connectivity index (χ0) is 17.1. The van der Waals surface area contributed by atoms with Crippen molar-refractivity contribution in [2.75, 3.05) is 0 Å². The molecule has 7 heteroatoms. The Hall–Kier alpha value is -2.98. The van der Waals surface area contributed by atoms with Crippen molar-refractivity contribution in [2.24, 2.45) is 0 Å². The molecule has 120 valence electrons. The Morgan fingerprint density at radius 1 is 1.38 bits per heavy atom. The van der Waals surface area contributed by atoms with Crippen LogP contribution in [0.2, 0.25) is 0 Å². The van der Waals surface area contributed by atoms with Crippen LogP contribution in [0.4, 0.5) is 5.69 Å². The van der Waals surface area contributed by atoms with E-state index in [2.05, 4.69) is 5.32 Å². The van der Waals surface area contributed by atoms with Gasteiger partial charge in [-0.05, 0) is 36.6 Å². The molecule has 6 nitrogen and oxygen atoms in total. The number of nitro groups is 1. The zero-order valence-corrected chi connectivity index (χ0v) is 13.4. The molecule has 1 aromatic heterocycles. The third kappa shape index (κ3) is 3.67. The minimum atomic E-state index is -0.437. The first-order valence-electron chi connectivity index (χ1n) is 7.34. The van der Waals surface area contributed by atoms with Crippen LogP contribution in [-0.4, -0.2) is 16.9 Å². The lowest BCUT2D eigenvalue weighted by Crippen LogP contribution is -2.26. The average molecular weight is 339 g/mol. The molecule has 0 radical (unpaired) electrons. The molecule has 1 saturated carbocycles. The van der Waals surface area contributed by atoms with Crippen molar-refractivity contribution in [3.8, 4) is 16.5 Å². The Morgan fingerprint density at radius 2 is 2.17 bits per heavy atom. The number of amides is 1. The van der Waals surface area contributed by atoms with Gasteiger partial charge in [-0.15, -0.1) is 11.3 Å². The number of nitrogens with one attached hydrogen (secondary N) is 1. The molecule has 0 atom stereocenters. The van der Waals surface area contributed by atoms with Crippen LogP contribution in [-0.2, 0) is 4.79 Å². The second-order valence-electron chi connectivity index (χ2n) is 5.43. The maximum Gasteiger partial charge on any atom is 0.270 e. The lowest BCUT2D eigenvalue weighted by molar-refractivity contribution is -0.384. The first kappa shape index (κ1) is 15.9. The highest BCUT2D eigenvalue weighted by atomic mass is 32.1. The van der Waals surface area contributed by atoms with Crippen molar-refractivity contribution in [1.82, 2.24) is 5.32 Å². The van der Waals surface area contributed by atoms with Crippen molar-refractivity contribution in [3.63, 3.8) is 0 Å². The van der Waals surface area contributed by atoms with Gasteiger partial charge < -0.3 is 5.32 Å². The summed E-state index contributed by atoms with van der Waals surface area (Å²) in [5.74, 6) is -0.356. The minimum absolute atomic E-state index is 0.0273. The molecular formula is C17H13N3O3S. The molecule has 0 bridgehead atoms. The van der Waals surface area contributed by atoms with Gasteiger partial charge in [0, 0.05) is 27.9 Å². The third-order valence-corrected chi connectivity index (χ3v) is 4.61. The zero-order valence-electron chi connectivity index (χ0n) is 12.6. The predicted molar refractivity (Wildman–Crippen MR) is 91.2 cm³/mol. The quantitative estimate of drug-likeness (QED) is 0.390. The Labute approximate surface area is 142 Å². The fourth-order valence-corrected chi connectivity index (χ4v) is 3.09. The number of carbonyl (C=O) groups excluding carboxylic acids is 1. The van der Waals surface area contributed by atoms with E-state index in [-0.39, 0.29) is 23.2 Å². The minimum Gasteiger partial charge on any atom is -0.349 e. The molecule has 3 rings (SSSR count). The number of rotatable bonds is 5. The van der Waals surface area contributed by atoms with E-state index in [9.17, 15) is 14.9 Å². The first-order valence-corrected chi connectivity index (χ1v) is 8.16. The number of thiophene rings is 1. The molecule has 1 amide bonds. The number of hydrogen-bond acceptors (Lipinski definition) is 5. The van der Waals surface area contributed by atoms with E-state index in [0.717, 1.165) is 28.2 Å². The topological polar surface area (TPSA) is 96.0 Å². The lowest BCUT2D eigenvalue weighted by atomic mass is 10.1. The molecule has 1 aliphatic carbocycles. The molecule has 1 aromatic carbocycles. The smallest absolute Gasteiger partial charge is 0.270 e. The van der Waals surface area contributed by atoms with Crippen LogP contribution in [0, 0.1) is 21.4 Å². The largest absolute Gasteiger partial charge is 0.349 e. The summed E-state index contributed by atoms with van der Waals surface area (Å²) in [5.41, 5.74) is 0.823. The summed E-state index contributed by atoms with van der Waals surface area (Å²) in [4.78, 5) is 24.0. The van der Waals surface area contributed by atoms with E-state index in [4.69, 9.17) is 5.26 Å². The van der Waals surface area contributed by atoms with Crippen LogP contribution in [0.5, 0.6) is 0 Å². The molecule has 0 unspecified atom stereocenters. The molecular weight excluding hydrogens is 326 g/mol. The van der Waals surface area contributed by atoms with Crippen LogP contribution in [0.3, 0.4) is 0 Å². The average Bonchev–Trinajstić information content (AvgIpc) is 3.27. The van der Waals surface area contributed by atoms with E-state index in [0.29, 0.717) is 0 Å². The van der Waals surface area contributed by atoms with Gasteiger partial charge in [0.2, 0.25) is 0 Å². The van der Waals surface area contributed by atoms with Gasteiger partial charge in [-0.1, -0.05) is 12.1 Å². The fraction of sp³-hybridized carbons (Fsp3) is 0.176. The summed E-state index contributed by atoms with van der Waals surface area (Å²) in [7, 11) is 0. The number of nitriles is 1. The van der Waals surface area contributed by atoms with Gasteiger partial charge in [0.15, 0.2) is 0 Å². The number of carbonyl (C=O) groups is 1. The molecule has 24 heavy (non-hydrogen) atoms. The summed E-state index contributed by atoms with van der Waals surface area (Å²) in [6, 6.07) is 12.1. The molecule has 1 heterocycles. The van der Waals surface area contributed by atoms with E-state index < -0.39 is 4.92 Å². The summed E-state index contributed by atoms with van der Waals surface area (Å²) in [6.45, 7) is 0. The van der Waals surface area contributed by atoms with Crippen LogP contribution in [0.25, 0.3) is 16.5 Å². The molecule has 1 N–H and O–H groups in total. The van der Waals surface area contributed by atoms with Crippen LogP contribution < -0.4 is 5.32 Å². The molecule has 0 spiro atoms. The summed E-state index contributed by atoms with van der Waals surface area (Å²) in [5, 5.41) is 22.8. The second-order valence-corrected chi connectivity index (χ2v) is 6.54. The number of nitrogens with zero attached hydrogens (tertiary/aromatic N) is 2. The summed E-state index contributed by atoms with van der Waals surface area (Å²) in [6.07, 6.45) is 3.46. The Morgan fingerprint density at radius 3 is 2.83 bits per heavy atom. The standard InChI is InChI=1S/C17H13N3O3S/c18-10-12(17(21)19-13-4-5-13)9-15-6-7-16(24-15)11-2-1-3-14(8-11)20(22)23/h1-3,6-9,13H,4-5H2,(H,19,21)/b12-9+. The van der Waals surface area contributed by atoms with Crippen LogP contribution in [0.1, 0.15) is 17.7 Å². The van der Waals surface area contributed by atoms with Crippen molar-refractivity contribution in [1.29, 1.82) is 5.26 Å². The van der Waals surface area contributed by atoms with Crippen LogP contribution >= 0.6 is 11.3 Å². The van der Waals surface area contributed by atoms with E-state index >= 15 is 0 Å². The second kappa shape index (κ2) is 6.64. The van der Waals surface area contributed by atoms with Gasteiger partial charge in [-0.3, -0.25) is 14.9 Å². The molecule has 1 aliphatic rings. The Bertz CT molecular complexity index is 875. The first-order chi connectivity index (χ1) is 11.6.